The Kier molecular flexibility index (Phi) is 5.32. The molecule has 5 nitrogen and oxygen atoms in total. The maximum Gasteiger partial charge on any atom is 0.313 e. The van der Waals surface area contributed by atoms with E-state index in [1.54, 1.807) is 19.9 Å². The molecule has 2 amide bonds. The van der Waals surface area contributed by atoms with Crippen LogP contribution in [0.2, 0.25) is 0 Å². The molecule has 0 spiro atoms. The molecule has 0 heterocycles. The van der Waals surface area contributed by atoms with E-state index in [-0.39, 0.29) is 12.5 Å². The maximum atomic E-state index is 12.3. The zero-order valence-corrected chi connectivity index (χ0v) is 13.2. The van der Waals surface area contributed by atoms with Gasteiger partial charge in [0.15, 0.2) is 0 Å². The Hall–Kier alpha value is -2.87. The Labute approximate surface area is 135 Å². The first-order valence-corrected chi connectivity index (χ1v) is 7.54. The fourth-order valence-electron chi connectivity index (χ4n) is 2.38. The predicted octanol–water partition coefficient (Wildman–Crippen LogP) is 2.79. The molecule has 1 N–H and O–H groups in total. The number of nitrogens with one attached hydrogen (secondary N) is 1. The first-order chi connectivity index (χ1) is 11.1. The van der Waals surface area contributed by atoms with E-state index in [1.165, 1.54) is 4.90 Å². The predicted molar refractivity (Wildman–Crippen MR) is 89.6 cm³/mol. The van der Waals surface area contributed by atoms with Crippen molar-refractivity contribution in [2.24, 2.45) is 5.92 Å². The normalized spacial score (nSPS) is 11.5. The molecule has 0 aliphatic carbocycles. The molecule has 0 bridgehead atoms. The number of carbonyl (C=O) groups is 2. The van der Waals surface area contributed by atoms with Crippen LogP contribution in [0.1, 0.15) is 13.8 Å². The smallest absolute Gasteiger partial charge is 0.313 e. The molecule has 0 saturated heterocycles. The summed E-state index contributed by atoms with van der Waals surface area (Å²) < 4.78 is 0. The summed E-state index contributed by atoms with van der Waals surface area (Å²) in [5, 5.41) is 13.4. The van der Waals surface area contributed by atoms with Crippen molar-refractivity contribution in [3.63, 3.8) is 0 Å². The third-order valence-electron chi connectivity index (χ3n) is 3.62. The lowest BCUT2D eigenvalue weighted by atomic mass is 10.1. The number of likely N-dealkylation sites (N-methyl/N-ethyl adjacent to an activating group) is 1. The Balaban J connectivity index is 2.17. The van der Waals surface area contributed by atoms with E-state index in [4.69, 9.17) is 5.26 Å². The van der Waals surface area contributed by atoms with Gasteiger partial charge >= 0.3 is 11.8 Å². The second-order valence-electron chi connectivity index (χ2n) is 5.35. The highest BCUT2D eigenvalue weighted by atomic mass is 16.2. The minimum absolute atomic E-state index is 0.245. The van der Waals surface area contributed by atoms with Gasteiger partial charge in [-0.15, -0.1) is 0 Å². The fourth-order valence-corrected chi connectivity index (χ4v) is 2.38. The lowest BCUT2D eigenvalue weighted by Gasteiger charge is -2.21. The van der Waals surface area contributed by atoms with Crippen LogP contribution in [0.4, 0.5) is 5.69 Å². The van der Waals surface area contributed by atoms with Gasteiger partial charge in [0.05, 0.1) is 12.0 Å². The van der Waals surface area contributed by atoms with Gasteiger partial charge in [-0.25, -0.2) is 0 Å². The van der Waals surface area contributed by atoms with E-state index in [9.17, 15) is 9.59 Å². The van der Waals surface area contributed by atoms with Crippen LogP contribution in [-0.2, 0) is 9.59 Å². The highest BCUT2D eigenvalue weighted by Gasteiger charge is 2.22. The second kappa shape index (κ2) is 7.41. The third kappa shape index (κ3) is 3.86. The van der Waals surface area contributed by atoms with Crippen LogP contribution >= 0.6 is 0 Å². The van der Waals surface area contributed by atoms with Crippen molar-refractivity contribution >= 4 is 28.3 Å². The second-order valence-corrected chi connectivity index (χ2v) is 5.35. The van der Waals surface area contributed by atoms with Gasteiger partial charge in [-0.2, -0.15) is 5.26 Å². The zero-order valence-electron chi connectivity index (χ0n) is 13.2. The van der Waals surface area contributed by atoms with Gasteiger partial charge in [-0.1, -0.05) is 36.4 Å². The van der Waals surface area contributed by atoms with E-state index in [1.807, 2.05) is 36.4 Å². The van der Waals surface area contributed by atoms with E-state index < -0.39 is 11.8 Å². The van der Waals surface area contributed by atoms with Crippen LogP contribution in [0.3, 0.4) is 0 Å². The van der Waals surface area contributed by atoms with Crippen molar-refractivity contribution < 1.29 is 9.59 Å². The molecule has 2 rings (SSSR count). The standard InChI is InChI=1S/C18H19N3O2/c1-3-21(12-13(2)11-19)18(23)17(22)20-16-10-6-8-14-7-4-5-9-15(14)16/h4-10,13H,3,12H2,1-2H3,(H,20,22)/t13-/m0/s1. The lowest BCUT2D eigenvalue weighted by Crippen LogP contribution is -2.41. The number of hydrogen-bond acceptors (Lipinski definition) is 3. The number of hydrogen-bond donors (Lipinski definition) is 1. The van der Waals surface area contributed by atoms with E-state index in [2.05, 4.69) is 11.4 Å². The summed E-state index contributed by atoms with van der Waals surface area (Å²) in [6.07, 6.45) is 0. The summed E-state index contributed by atoms with van der Waals surface area (Å²) in [6, 6.07) is 15.3. The van der Waals surface area contributed by atoms with Gasteiger partial charge < -0.3 is 10.2 Å². The molecule has 5 heteroatoms. The van der Waals surface area contributed by atoms with Gasteiger partial charge in [0.2, 0.25) is 0 Å². The average Bonchev–Trinajstić information content (AvgIpc) is 2.59. The quantitative estimate of drug-likeness (QED) is 0.883. The molecule has 118 valence electrons. The van der Waals surface area contributed by atoms with Crippen molar-refractivity contribution in [3.05, 3.63) is 42.5 Å². The summed E-state index contributed by atoms with van der Waals surface area (Å²) >= 11 is 0. The lowest BCUT2D eigenvalue weighted by molar-refractivity contribution is -0.143. The number of benzene rings is 2. The van der Waals surface area contributed by atoms with Crippen LogP contribution in [-0.4, -0.2) is 29.8 Å². The monoisotopic (exact) mass is 309 g/mol. The van der Waals surface area contributed by atoms with Gasteiger partial charge in [-0.05, 0) is 25.3 Å². The van der Waals surface area contributed by atoms with E-state index in [0.717, 1.165) is 10.8 Å². The molecule has 0 aliphatic heterocycles. The van der Waals surface area contributed by atoms with Crippen molar-refractivity contribution in [1.29, 1.82) is 5.26 Å². The molecule has 0 aromatic heterocycles. The van der Waals surface area contributed by atoms with Crippen LogP contribution < -0.4 is 5.32 Å². The molecule has 0 radical (unpaired) electrons. The van der Waals surface area contributed by atoms with Gasteiger partial charge in [0.1, 0.15) is 0 Å². The largest absolute Gasteiger partial charge is 0.333 e. The van der Waals surface area contributed by atoms with Crippen LogP contribution in [0, 0.1) is 17.2 Å². The van der Waals surface area contributed by atoms with Gasteiger partial charge in [0, 0.05) is 24.2 Å². The maximum absolute atomic E-state index is 12.3. The summed E-state index contributed by atoms with van der Waals surface area (Å²) in [7, 11) is 0. The molecule has 0 fully saturated rings. The van der Waals surface area contributed by atoms with Crippen LogP contribution in [0.25, 0.3) is 10.8 Å². The summed E-state index contributed by atoms with van der Waals surface area (Å²) in [4.78, 5) is 25.9. The first-order valence-electron chi connectivity index (χ1n) is 7.54. The number of nitrogens with zero attached hydrogens (tertiary/aromatic N) is 2. The van der Waals surface area contributed by atoms with Crippen molar-refractivity contribution in [1.82, 2.24) is 4.90 Å². The highest BCUT2D eigenvalue weighted by Crippen LogP contribution is 2.22. The molecule has 23 heavy (non-hydrogen) atoms. The Morgan fingerprint density at radius 3 is 2.61 bits per heavy atom. The Morgan fingerprint density at radius 2 is 1.91 bits per heavy atom. The number of rotatable bonds is 4. The number of carbonyl (C=O) groups excluding carboxylic acids is 2. The minimum atomic E-state index is -0.687. The van der Waals surface area contributed by atoms with Gasteiger partial charge in [-0.3, -0.25) is 9.59 Å². The Bertz CT molecular complexity index is 759. The molecule has 2 aromatic carbocycles. The topological polar surface area (TPSA) is 73.2 Å². The molecular weight excluding hydrogens is 290 g/mol. The average molecular weight is 309 g/mol. The number of amides is 2. The molecule has 0 saturated carbocycles. The zero-order chi connectivity index (χ0) is 16.8. The molecule has 2 aromatic rings. The first kappa shape index (κ1) is 16.5. The third-order valence-corrected chi connectivity index (χ3v) is 3.62. The van der Waals surface area contributed by atoms with Gasteiger partial charge in [0.25, 0.3) is 0 Å². The van der Waals surface area contributed by atoms with E-state index >= 15 is 0 Å². The van der Waals surface area contributed by atoms with Crippen LogP contribution in [0.5, 0.6) is 0 Å². The highest BCUT2D eigenvalue weighted by molar-refractivity contribution is 6.40. The molecule has 0 aliphatic rings. The molecule has 1 atom stereocenters. The molecule has 0 unspecified atom stereocenters. The Morgan fingerprint density at radius 1 is 1.22 bits per heavy atom. The fraction of sp³-hybridized carbons (Fsp3) is 0.278. The number of nitriles is 1. The van der Waals surface area contributed by atoms with Crippen molar-refractivity contribution in [3.8, 4) is 6.07 Å². The molecular formula is C18H19N3O2. The number of anilines is 1. The van der Waals surface area contributed by atoms with Crippen molar-refractivity contribution in [2.75, 3.05) is 18.4 Å². The summed E-state index contributed by atoms with van der Waals surface area (Å²) in [6.45, 7) is 4.13. The number of fused-ring (bicyclic) bond motifs is 1. The summed E-state index contributed by atoms with van der Waals surface area (Å²) in [5.74, 6) is -1.62. The van der Waals surface area contributed by atoms with Crippen molar-refractivity contribution in [2.45, 2.75) is 13.8 Å². The van der Waals surface area contributed by atoms with Crippen LogP contribution in [0.15, 0.2) is 42.5 Å². The summed E-state index contributed by atoms with van der Waals surface area (Å²) in [5.41, 5.74) is 0.603. The minimum Gasteiger partial charge on any atom is -0.333 e. The SMILES string of the molecule is CCN(C[C@@H](C)C#N)C(=O)C(=O)Nc1cccc2ccccc12. The van der Waals surface area contributed by atoms with E-state index in [0.29, 0.717) is 12.2 Å².